The lowest BCUT2D eigenvalue weighted by atomic mass is 9.79. The topological polar surface area (TPSA) is 46.1 Å². The van der Waals surface area contributed by atoms with Crippen LogP contribution in [0.25, 0.3) is 0 Å². The Morgan fingerprint density at radius 2 is 1.86 bits per heavy atom. The highest BCUT2D eigenvalue weighted by atomic mass is 19.1. The largest absolute Gasteiger partial charge is 0.385 e. The van der Waals surface area contributed by atoms with E-state index in [1.807, 2.05) is 19.2 Å². The molecule has 3 rings (SSSR count). The molecule has 6 heteroatoms. The predicted octanol–water partition coefficient (Wildman–Crippen LogP) is 3.73. The van der Waals surface area contributed by atoms with E-state index in [0.717, 1.165) is 70.9 Å². The van der Waals surface area contributed by atoms with E-state index in [2.05, 4.69) is 15.2 Å². The first-order chi connectivity index (χ1) is 14.2. The molecule has 0 atom stereocenters. The second-order valence-electron chi connectivity index (χ2n) is 8.30. The summed E-state index contributed by atoms with van der Waals surface area (Å²) in [6, 6.07) is 7.08. The van der Waals surface area contributed by atoms with Crippen LogP contribution < -0.4 is 5.32 Å². The number of halogens is 1. The van der Waals surface area contributed by atoms with E-state index < -0.39 is 0 Å². The van der Waals surface area contributed by atoms with Gasteiger partial charge in [0.2, 0.25) is 0 Å². The molecule has 0 spiro atoms. The second kappa shape index (κ2) is 10.9. The van der Waals surface area contributed by atoms with Gasteiger partial charge in [-0.15, -0.1) is 0 Å². The Labute approximate surface area is 174 Å². The van der Waals surface area contributed by atoms with Gasteiger partial charge in [0, 0.05) is 52.4 Å². The lowest BCUT2D eigenvalue weighted by Crippen LogP contribution is -2.50. The molecule has 0 aromatic heterocycles. The van der Waals surface area contributed by atoms with Crippen molar-refractivity contribution in [2.75, 3.05) is 47.0 Å². The smallest absolute Gasteiger partial charge is 0.193 e. The van der Waals surface area contributed by atoms with Gasteiger partial charge in [0.15, 0.2) is 5.96 Å². The zero-order chi connectivity index (χ0) is 20.5. The van der Waals surface area contributed by atoms with E-state index in [9.17, 15) is 4.39 Å². The van der Waals surface area contributed by atoms with Crippen LogP contribution in [0, 0.1) is 5.82 Å². The van der Waals surface area contributed by atoms with Crippen LogP contribution in [0.1, 0.15) is 50.5 Å². The summed E-state index contributed by atoms with van der Waals surface area (Å²) < 4.78 is 24.5. The minimum absolute atomic E-state index is 0.0758. The van der Waals surface area contributed by atoms with Gasteiger partial charge in [-0.3, -0.25) is 4.99 Å². The van der Waals surface area contributed by atoms with Crippen molar-refractivity contribution in [2.24, 2.45) is 4.99 Å². The fourth-order valence-corrected chi connectivity index (χ4v) is 4.69. The molecule has 1 saturated heterocycles. The summed E-state index contributed by atoms with van der Waals surface area (Å²) in [4.78, 5) is 6.87. The molecule has 1 aliphatic heterocycles. The normalized spacial score (nSPS) is 20.2. The van der Waals surface area contributed by atoms with Gasteiger partial charge in [-0.05, 0) is 49.8 Å². The fourth-order valence-electron chi connectivity index (χ4n) is 4.69. The van der Waals surface area contributed by atoms with E-state index in [-0.39, 0.29) is 11.2 Å². The molecule has 0 radical (unpaired) electrons. The minimum atomic E-state index is -0.169. The van der Waals surface area contributed by atoms with Crippen LogP contribution in [-0.4, -0.2) is 64.0 Å². The first-order valence-corrected chi connectivity index (χ1v) is 11.0. The number of guanidine groups is 1. The molecule has 162 valence electrons. The third-order valence-corrected chi connectivity index (χ3v) is 6.40. The lowest BCUT2D eigenvalue weighted by Gasteiger charge is -2.36. The monoisotopic (exact) mass is 405 g/mol. The molecule has 2 fully saturated rings. The van der Waals surface area contributed by atoms with Crippen molar-refractivity contribution in [3.63, 3.8) is 0 Å². The Balaban J connectivity index is 1.51. The van der Waals surface area contributed by atoms with E-state index in [0.29, 0.717) is 6.10 Å². The Morgan fingerprint density at radius 1 is 1.17 bits per heavy atom. The number of likely N-dealkylation sites (tertiary alicyclic amines) is 1. The first-order valence-electron chi connectivity index (χ1n) is 11.0. The zero-order valence-corrected chi connectivity index (χ0v) is 18.0. The third kappa shape index (κ3) is 5.92. The summed E-state index contributed by atoms with van der Waals surface area (Å²) in [5, 5.41) is 3.63. The van der Waals surface area contributed by atoms with Gasteiger partial charge in [0.1, 0.15) is 5.82 Å². The molecule has 1 aromatic rings. The molecule has 1 aliphatic carbocycles. The van der Waals surface area contributed by atoms with Crippen LogP contribution in [-0.2, 0) is 14.9 Å². The molecule has 1 saturated carbocycles. The molecule has 2 aliphatic rings. The summed E-state index contributed by atoms with van der Waals surface area (Å²) >= 11 is 0. The van der Waals surface area contributed by atoms with Gasteiger partial charge >= 0.3 is 0 Å². The van der Waals surface area contributed by atoms with Crippen LogP contribution in [0.4, 0.5) is 4.39 Å². The number of nitrogens with zero attached hydrogens (tertiary/aromatic N) is 2. The maximum atomic E-state index is 13.4. The Hall–Kier alpha value is -1.66. The average molecular weight is 406 g/mol. The number of methoxy groups -OCH3 is 1. The number of benzene rings is 1. The van der Waals surface area contributed by atoms with Crippen LogP contribution in [0.5, 0.6) is 0 Å². The molecule has 0 amide bonds. The number of aliphatic imine (C=N–C) groups is 1. The van der Waals surface area contributed by atoms with Gasteiger partial charge in [-0.1, -0.05) is 25.0 Å². The van der Waals surface area contributed by atoms with Crippen LogP contribution in [0.2, 0.25) is 0 Å². The van der Waals surface area contributed by atoms with Crippen LogP contribution in [0.15, 0.2) is 29.3 Å². The maximum absolute atomic E-state index is 13.4. The quantitative estimate of drug-likeness (QED) is 0.407. The van der Waals surface area contributed by atoms with E-state index in [1.165, 1.54) is 18.4 Å². The number of hydrogen-bond donors (Lipinski definition) is 1. The summed E-state index contributed by atoms with van der Waals surface area (Å²) in [6.07, 6.45) is 8.06. The molecule has 1 N–H and O–H groups in total. The van der Waals surface area contributed by atoms with Crippen molar-refractivity contribution in [1.29, 1.82) is 0 Å². The van der Waals surface area contributed by atoms with Crippen LogP contribution in [0.3, 0.4) is 0 Å². The molecule has 0 bridgehead atoms. The standard InChI is InChI=1S/C23H36FN3O2/c1-25-22(27-14-10-21(11-15-27)29-17-5-16-28-2)26-18-23(12-3-4-13-23)19-6-8-20(24)9-7-19/h6-9,21H,3-5,10-18H2,1-2H3,(H,25,26). The molecule has 29 heavy (non-hydrogen) atoms. The van der Waals surface area contributed by atoms with Gasteiger partial charge in [-0.25, -0.2) is 4.39 Å². The van der Waals surface area contributed by atoms with E-state index in [1.54, 1.807) is 19.2 Å². The summed E-state index contributed by atoms with van der Waals surface area (Å²) in [5.41, 5.74) is 1.31. The second-order valence-corrected chi connectivity index (χ2v) is 8.30. The van der Waals surface area contributed by atoms with E-state index >= 15 is 0 Å². The number of ether oxygens (including phenoxy) is 2. The Kier molecular flexibility index (Phi) is 8.30. The SMILES string of the molecule is CN=C(NCC1(c2ccc(F)cc2)CCCC1)N1CCC(OCCCOC)CC1. The highest BCUT2D eigenvalue weighted by molar-refractivity contribution is 5.80. The highest BCUT2D eigenvalue weighted by Gasteiger charge is 2.36. The summed E-state index contributed by atoms with van der Waals surface area (Å²) in [5.74, 6) is 0.800. The zero-order valence-electron chi connectivity index (χ0n) is 18.0. The van der Waals surface area contributed by atoms with Crippen molar-refractivity contribution >= 4 is 5.96 Å². The van der Waals surface area contributed by atoms with Gasteiger partial charge in [-0.2, -0.15) is 0 Å². The molecular formula is C23H36FN3O2. The minimum Gasteiger partial charge on any atom is -0.385 e. The van der Waals surface area contributed by atoms with Crippen molar-refractivity contribution in [3.8, 4) is 0 Å². The van der Waals surface area contributed by atoms with Crippen molar-refractivity contribution in [2.45, 2.75) is 56.5 Å². The third-order valence-electron chi connectivity index (χ3n) is 6.40. The summed E-state index contributed by atoms with van der Waals surface area (Å²) in [6.45, 7) is 4.28. The molecule has 1 heterocycles. The Bertz CT molecular complexity index is 636. The molecule has 1 aromatic carbocycles. The predicted molar refractivity (Wildman–Crippen MR) is 115 cm³/mol. The number of piperidine rings is 1. The van der Waals surface area contributed by atoms with Crippen molar-refractivity contribution in [3.05, 3.63) is 35.6 Å². The first kappa shape index (κ1) is 22.0. The van der Waals surface area contributed by atoms with Gasteiger partial charge in [0.25, 0.3) is 0 Å². The van der Waals surface area contributed by atoms with E-state index in [4.69, 9.17) is 9.47 Å². The van der Waals surface area contributed by atoms with Crippen molar-refractivity contribution < 1.29 is 13.9 Å². The highest BCUT2D eigenvalue weighted by Crippen LogP contribution is 2.40. The maximum Gasteiger partial charge on any atom is 0.193 e. The van der Waals surface area contributed by atoms with Gasteiger partial charge < -0.3 is 19.7 Å². The van der Waals surface area contributed by atoms with Gasteiger partial charge in [0.05, 0.1) is 6.10 Å². The number of hydrogen-bond acceptors (Lipinski definition) is 3. The Morgan fingerprint density at radius 3 is 2.48 bits per heavy atom. The van der Waals surface area contributed by atoms with Crippen molar-refractivity contribution in [1.82, 2.24) is 10.2 Å². The molecule has 0 unspecified atom stereocenters. The lowest BCUT2D eigenvalue weighted by molar-refractivity contribution is 0.00987. The summed E-state index contributed by atoms with van der Waals surface area (Å²) in [7, 11) is 3.58. The number of nitrogens with one attached hydrogen (secondary N) is 1. The fraction of sp³-hybridized carbons (Fsp3) is 0.696. The average Bonchev–Trinajstić information content (AvgIpc) is 3.23. The molecule has 5 nitrogen and oxygen atoms in total. The number of rotatable bonds is 8. The van der Waals surface area contributed by atoms with Crippen LogP contribution >= 0.6 is 0 Å². The molecular weight excluding hydrogens is 369 g/mol.